The van der Waals surface area contributed by atoms with Crippen LogP contribution in [0.2, 0.25) is 0 Å². The van der Waals surface area contributed by atoms with E-state index in [0.29, 0.717) is 12.5 Å². The average molecular weight is 373 g/mol. The van der Waals surface area contributed by atoms with Gasteiger partial charge in [0.05, 0.1) is 23.5 Å². The third kappa shape index (κ3) is 3.61. The van der Waals surface area contributed by atoms with E-state index in [9.17, 15) is 13.6 Å². The summed E-state index contributed by atoms with van der Waals surface area (Å²) < 4.78 is 34.3. The molecular weight excluding hydrogens is 356 g/mol. The summed E-state index contributed by atoms with van der Waals surface area (Å²) in [6, 6.07) is 5.81. The van der Waals surface area contributed by atoms with Crippen molar-refractivity contribution >= 4 is 28.4 Å². The van der Waals surface area contributed by atoms with Crippen molar-refractivity contribution in [3.63, 3.8) is 0 Å². The van der Waals surface area contributed by atoms with Crippen LogP contribution in [0.1, 0.15) is 28.8 Å². The lowest BCUT2D eigenvalue weighted by Gasteiger charge is -2.14. The number of benzene rings is 2. The number of nitrogens with zero attached hydrogens (tertiary/aromatic N) is 1. The molecule has 4 rings (SSSR count). The summed E-state index contributed by atoms with van der Waals surface area (Å²) in [6.07, 6.45) is 3.21. The van der Waals surface area contributed by atoms with E-state index in [0.717, 1.165) is 24.8 Å². The smallest absolute Gasteiger partial charge is 0.277 e. The zero-order valence-electron chi connectivity index (χ0n) is 14.5. The quantitative estimate of drug-likeness (QED) is 0.633. The Hall–Kier alpha value is -3.00. The van der Waals surface area contributed by atoms with Gasteiger partial charge in [0.15, 0.2) is 17.8 Å². The Morgan fingerprint density at radius 3 is 2.89 bits per heavy atom. The number of fused-ring (bicyclic) bond motifs is 1. The second-order valence-corrected chi connectivity index (χ2v) is 6.61. The summed E-state index contributed by atoms with van der Waals surface area (Å²) in [5.74, 6) is -1.60. The van der Waals surface area contributed by atoms with Crippen LogP contribution in [0.15, 0.2) is 35.1 Å². The number of anilines is 2. The van der Waals surface area contributed by atoms with Crippen molar-refractivity contribution in [3.05, 3.63) is 53.4 Å². The van der Waals surface area contributed by atoms with E-state index in [1.807, 2.05) is 0 Å². The molecule has 0 aliphatic heterocycles. The summed E-state index contributed by atoms with van der Waals surface area (Å²) in [4.78, 5) is 21.5. The SMILES string of the molecule is Cc1ccc(Nc2c(C(=O)NOCC3CC3)cc3ocnc3c2F)c(F)c1. The molecule has 1 aliphatic rings. The normalized spacial score (nSPS) is 13.7. The van der Waals surface area contributed by atoms with E-state index >= 15 is 0 Å². The molecule has 3 aromatic rings. The van der Waals surface area contributed by atoms with Crippen molar-refractivity contribution < 1.29 is 22.8 Å². The molecule has 0 radical (unpaired) electrons. The summed E-state index contributed by atoms with van der Waals surface area (Å²) in [7, 11) is 0. The number of nitrogens with one attached hydrogen (secondary N) is 2. The molecule has 1 amide bonds. The molecule has 0 bridgehead atoms. The monoisotopic (exact) mass is 373 g/mol. The molecule has 1 aromatic heterocycles. The van der Waals surface area contributed by atoms with Crippen molar-refractivity contribution in [2.45, 2.75) is 19.8 Å². The third-order valence-electron chi connectivity index (χ3n) is 4.38. The number of hydrogen-bond donors (Lipinski definition) is 2. The van der Waals surface area contributed by atoms with Crippen molar-refractivity contribution in [2.75, 3.05) is 11.9 Å². The van der Waals surface area contributed by atoms with Gasteiger partial charge < -0.3 is 9.73 Å². The lowest BCUT2D eigenvalue weighted by atomic mass is 10.1. The summed E-state index contributed by atoms with van der Waals surface area (Å²) in [5.41, 5.74) is 2.83. The fourth-order valence-corrected chi connectivity index (χ4v) is 2.68. The van der Waals surface area contributed by atoms with Gasteiger partial charge in [0.1, 0.15) is 11.3 Å². The Labute approximate surface area is 153 Å². The molecular formula is C19H17F2N3O3. The molecule has 8 heteroatoms. The van der Waals surface area contributed by atoms with Crippen LogP contribution in [0.3, 0.4) is 0 Å². The lowest BCUT2D eigenvalue weighted by Crippen LogP contribution is -2.26. The molecule has 0 unspecified atom stereocenters. The van der Waals surface area contributed by atoms with Gasteiger partial charge in [-0.3, -0.25) is 9.63 Å². The van der Waals surface area contributed by atoms with Gasteiger partial charge in [-0.1, -0.05) is 6.07 Å². The molecule has 1 fully saturated rings. The Kier molecular flexibility index (Phi) is 4.49. The number of carbonyl (C=O) groups is 1. The maximum atomic E-state index is 15.0. The van der Waals surface area contributed by atoms with Crippen LogP contribution in [0.5, 0.6) is 0 Å². The molecule has 0 saturated heterocycles. The minimum atomic E-state index is -0.812. The largest absolute Gasteiger partial charge is 0.443 e. The van der Waals surface area contributed by atoms with Gasteiger partial charge in [-0.25, -0.2) is 19.2 Å². The van der Waals surface area contributed by atoms with Gasteiger partial charge in [0, 0.05) is 0 Å². The van der Waals surface area contributed by atoms with Crippen LogP contribution >= 0.6 is 0 Å². The van der Waals surface area contributed by atoms with Gasteiger partial charge >= 0.3 is 0 Å². The Bertz CT molecular complexity index is 1010. The van der Waals surface area contributed by atoms with E-state index in [1.165, 1.54) is 18.2 Å². The molecule has 6 nitrogen and oxygen atoms in total. The highest BCUT2D eigenvalue weighted by atomic mass is 19.1. The molecule has 1 aliphatic carbocycles. The zero-order valence-corrected chi connectivity index (χ0v) is 14.5. The number of halogens is 2. The minimum absolute atomic E-state index is 0.0373. The molecule has 0 spiro atoms. The molecule has 0 atom stereocenters. The zero-order chi connectivity index (χ0) is 19.0. The fourth-order valence-electron chi connectivity index (χ4n) is 2.68. The van der Waals surface area contributed by atoms with Crippen molar-refractivity contribution in [1.82, 2.24) is 10.5 Å². The van der Waals surface area contributed by atoms with Crippen molar-refractivity contribution in [1.29, 1.82) is 0 Å². The number of rotatable bonds is 6. The lowest BCUT2D eigenvalue weighted by molar-refractivity contribution is 0.0271. The highest BCUT2D eigenvalue weighted by molar-refractivity contribution is 6.03. The second kappa shape index (κ2) is 6.96. The molecule has 140 valence electrons. The molecule has 2 N–H and O–H groups in total. The Balaban J connectivity index is 1.69. The van der Waals surface area contributed by atoms with Crippen LogP contribution in [-0.4, -0.2) is 17.5 Å². The minimum Gasteiger partial charge on any atom is -0.443 e. The van der Waals surface area contributed by atoms with Crippen LogP contribution in [0, 0.1) is 24.5 Å². The number of oxazole rings is 1. The van der Waals surface area contributed by atoms with E-state index in [1.54, 1.807) is 13.0 Å². The Morgan fingerprint density at radius 1 is 1.33 bits per heavy atom. The third-order valence-corrected chi connectivity index (χ3v) is 4.38. The predicted molar refractivity (Wildman–Crippen MR) is 94.5 cm³/mol. The summed E-state index contributed by atoms with van der Waals surface area (Å²) in [6.45, 7) is 2.14. The molecule has 1 heterocycles. The van der Waals surface area contributed by atoms with Crippen LogP contribution in [0.4, 0.5) is 20.2 Å². The topological polar surface area (TPSA) is 76.4 Å². The summed E-state index contributed by atoms with van der Waals surface area (Å²) >= 11 is 0. The average Bonchev–Trinajstić information content (AvgIpc) is 3.33. The van der Waals surface area contributed by atoms with Crippen LogP contribution in [-0.2, 0) is 4.84 Å². The van der Waals surface area contributed by atoms with E-state index in [-0.39, 0.29) is 28.0 Å². The number of amides is 1. The maximum absolute atomic E-state index is 15.0. The number of hydrogen-bond acceptors (Lipinski definition) is 5. The number of aryl methyl sites for hydroxylation is 1. The van der Waals surface area contributed by atoms with Crippen molar-refractivity contribution in [2.24, 2.45) is 5.92 Å². The molecule has 2 aromatic carbocycles. The molecule has 27 heavy (non-hydrogen) atoms. The van der Waals surface area contributed by atoms with Gasteiger partial charge in [-0.05, 0) is 49.4 Å². The first kappa shape index (κ1) is 17.4. The van der Waals surface area contributed by atoms with Crippen LogP contribution in [0.25, 0.3) is 11.1 Å². The number of aromatic nitrogens is 1. The first-order valence-corrected chi connectivity index (χ1v) is 8.54. The standard InChI is InChI=1S/C19H17F2N3O3/c1-10-2-5-14(13(20)6-10)23-17-12(19(25)24-27-8-11-3-4-11)7-15-18(16(17)21)22-9-26-15/h2,5-7,9,11,23H,3-4,8H2,1H3,(H,24,25). The summed E-state index contributed by atoms with van der Waals surface area (Å²) in [5, 5.41) is 2.66. The van der Waals surface area contributed by atoms with E-state index < -0.39 is 17.5 Å². The fraction of sp³-hybridized carbons (Fsp3) is 0.263. The molecule has 1 saturated carbocycles. The number of carbonyl (C=O) groups excluding carboxylic acids is 1. The Morgan fingerprint density at radius 2 is 2.15 bits per heavy atom. The van der Waals surface area contributed by atoms with Gasteiger partial charge in [0.25, 0.3) is 5.91 Å². The highest BCUT2D eigenvalue weighted by Crippen LogP contribution is 2.32. The number of hydroxylamine groups is 1. The van der Waals surface area contributed by atoms with Gasteiger partial charge in [-0.15, -0.1) is 0 Å². The van der Waals surface area contributed by atoms with Crippen molar-refractivity contribution in [3.8, 4) is 0 Å². The predicted octanol–water partition coefficient (Wildman–Crippen LogP) is 4.23. The van der Waals surface area contributed by atoms with E-state index in [4.69, 9.17) is 9.25 Å². The highest BCUT2D eigenvalue weighted by Gasteiger charge is 2.24. The maximum Gasteiger partial charge on any atom is 0.277 e. The van der Waals surface area contributed by atoms with Crippen LogP contribution < -0.4 is 10.8 Å². The van der Waals surface area contributed by atoms with E-state index in [2.05, 4.69) is 15.8 Å². The second-order valence-electron chi connectivity index (χ2n) is 6.61. The van der Waals surface area contributed by atoms with Gasteiger partial charge in [0.2, 0.25) is 0 Å². The first-order chi connectivity index (χ1) is 13.0. The van der Waals surface area contributed by atoms with Gasteiger partial charge in [-0.2, -0.15) is 0 Å². The first-order valence-electron chi connectivity index (χ1n) is 8.54.